The molecule has 0 atom stereocenters. The van der Waals surface area contributed by atoms with Crippen LogP contribution in [0, 0.1) is 0 Å². The molecule has 0 radical (unpaired) electrons. The summed E-state index contributed by atoms with van der Waals surface area (Å²) in [4.78, 5) is 2.47. The largest absolute Gasteiger partial charge is 0.310 e. The van der Waals surface area contributed by atoms with Crippen LogP contribution in [0.3, 0.4) is 0 Å². The van der Waals surface area contributed by atoms with Crippen LogP contribution in [0.1, 0.15) is 29.5 Å². The highest BCUT2D eigenvalue weighted by atomic mass is 15.1. The third kappa shape index (κ3) is 6.38. The summed E-state index contributed by atoms with van der Waals surface area (Å²) >= 11 is 0. The first-order valence-corrected chi connectivity index (χ1v) is 19.7. The van der Waals surface area contributed by atoms with Gasteiger partial charge in [-0.1, -0.05) is 182 Å². The molecule has 0 heterocycles. The van der Waals surface area contributed by atoms with Gasteiger partial charge in [0.2, 0.25) is 0 Å². The highest BCUT2D eigenvalue weighted by molar-refractivity contribution is 6.15. The minimum Gasteiger partial charge on any atom is -0.310 e. The second-order valence-corrected chi connectivity index (χ2v) is 14.8. The van der Waals surface area contributed by atoms with Crippen LogP contribution in [-0.4, -0.2) is 0 Å². The molecule has 1 aliphatic carbocycles. The monoisotopic (exact) mass is 715 g/mol. The lowest BCUT2D eigenvalue weighted by Gasteiger charge is -2.29. The molecule has 0 unspecified atom stereocenters. The minimum absolute atomic E-state index is 0.795. The maximum atomic E-state index is 2.47. The lowest BCUT2D eigenvalue weighted by molar-refractivity contribution is 0.998. The number of rotatable bonds is 8. The molecule has 56 heavy (non-hydrogen) atoms. The van der Waals surface area contributed by atoms with E-state index in [1.54, 1.807) is 0 Å². The van der Waals surface area contributed by atoms with Gasteiger partial charge in [0.05, 0.1) is 5.69 Å². The number of allylic oxidation sites excluding steroid dienone is 4. The molecule has 1 nitrogen and oxygen atoms in total. The van der Waals surface area contributed by atoms with Crippen LogP contribution in [0.4, 0.5) is 11.4 Å². The molecule has 266 valence electrons. The van der Waals surface area contributed by atoms with Gasteiger partial charge in [-0.15, -0.1) is 0 Å². The van der Waals surface area contributed by atoms with E-state index in [4.69, 9.17) is 0 Å². The van der Waals surface area contributed by atoms with Crippen LogP contribution in [0.5, 0.6) is 0 Å². The molecule has 0 N–H and O–H groups in total. The molecule has 0 bridgehead atoms. The van der Waals surface area contributed by atoms with Crippen molar-refractivity contribution in [1.29, 1.82) is 0 Å². The SMILES string of the molecule is C1=CC(N(c2cccc(-c3cc(C/C(=C/c4ccccc4)c4ccccc4)c4c(ccc5ccccc54)c3)c2)c2cccc3ccc4ccccc4c23)=CCC1. The summed E-state index contributed by atoms with van der Waals surface area (Å²) in [5.74, 6) is 0. The van der Waals surface area contributed by atoms with E-state index in [9.17, 15) is 0 Å². The number of fused-ring (bicyclic) bond motifs is 6. The van der Waals surface area contributed by atoms with E-state index in [1.807, 2.05) is 0 Å². The fourth-order valence-corrected chi connectivity index (χ4v) is 8.63. The molecule has 0 aromatic heterocycles. The normalized spacial score (nSPS) is 13.1. The van der Waals surface area contributed by atoms with Gasteiger partial charge >= 0.3 is 0 Å². The molecule has 1 aliphatic rings. The highest BCUT2D eigenvalue weighted by Crippen LogP contribution is 2.42. The average Bonchev–Trinajstić information content (AvgIpc) is 3.27. The van der Waals surface area contributed by atoms with E-state index >= 15 is 0 Å². The Hall–Kier alpha value is -6.96. The van der Waals surface area contributed by atoms with Gasteiger partial charge < -0.3 is 4.90 Å². The topological polar surface area (TPSA) is 3.24 Å². The van der Waals surface area contributed by atoms with Crippen LogP contribution >= 0.6 is 0 Å². The Balaban J connectivity index is 1.16. The third-order valence-electron chi connectivity index (χ3n) is 11.2. The number of nitrogens with zero attached hydrogens (tertiary/aromatic N) is 1. The van der Waals surface area contributed by atoms with Crippen molar-refractivity contribution in [2.75, 3.05) is 4.90 Å². The Bertz CT molecular complexity index is 2990. The molecule has 1 heteroatoms. The summed E-state index contributed by atoms with van der Waals surface area (Å²) < 4.78 is 0. The van der Waals surface area contributed by atoms with Crippen LogP contribution in [0.15, 0.2) is 212 Å². The molecule has 0 saturated carbocycles. The molecule has 9 aromatic carbocycles. The fraction of sp³-hybridized carbons (Fsp3) is 0.0545. The predicted octanol–water partition coefficient (Wildman–Crippen LogP) is 15.1. The molecule has 0 fully saturated rings. The van der Waals surface area contributed by atoms with Crippen LogP contribution in [-0.2, 0) is 6.42 Å². The second-order valence-electron chi connectivity index (χ2n) is 14.8. The van der Waals surface area contributed by atoms with Crippen molar-refractivity contribution in [3.05, 3.63) is 229 Å². The molecule has 9 aromatic rings. The predicted molar refractivity (Wildman–Crippen MR) is 241 cm³/mol. The summed E-state index contributed by atoms with van der Waals surface area (Å²) in [5, 5.41) is 10.2. The van der Waals surface area contributed by atoms with Gasteiger partial charge in [-0.05, 0) is 121 Å². The number of benzene rings is 9. The van der Waals surface area contributed by atoms with E-state index < -0.39 is 0 Å². The number of hydrogen-bond donors (Lipinski definition) is 0. The molecular formula is C55H41N. The van der Waals surface area contributed by atoms with Crippen LogP contribution in [0.25, 0.3) is 65.9 Å². The lowest BCUT2D eigenvalue weighted by atomic mass is 9.88. The van der Waals surface area contributed by atoms with Crippen molar-refractivity contribution < 1.29 is 0 Å². The van der Waals surface area contributed by atoms with E-state index in [2.05, 4.69) is 217 Å². The number of anilines is 2. The van der Waals surface area contributed by atoms with Crippen LogP contribution < -0.4 is 4.90 Å². The van der Waals surface area contributed by atoms with Crippen molar-refractivity contribution in [2.24, 2.45) is 0 Å². The number of hydrogen-bond acceptors (Lipinski definition) is 1. The van der Waals surface area contributed by atoms with Gasteiger partial charge in [-0.25, -0.2) is 0 Å². The Morgan fingerprint density at radius 2 is 1.16 bits per heavy atom. The third-order valence-corrected chi connectivity index (χ3v) is 11.2. The van der Waals surface area contributed by atoms with Gasteiger partial charge in [0.15, 0.2) is 0 Å². The summed E-state index contributed by atoms with van der Waals surface area (Å²) in [5.41, 5.74) is 11.0. The van der Waals surface area contributed by atoms with Gasteiger partial charge in [-0.2, -0.15) is 0 Å². The molecule has 0 saturated heterocycles. The molecule has 0 spiro atoms. The Labute approximate surface area is 328 Å². The van der Waals surface area contributed by atoms with Crippen molar-refractivity contribution in [1.82, 2.24) is 0 Å². The van der Waals surface area contributed by atoms with Crippen LogP contribution in [0.2, 0.25) is 0 Å². The average molecular weight is 716 g/mol. The van der Waals surface area contributed by atoms with E-state index in [-0.39, 0.29) is 0 Å². The first-order valence-electron chi connectivity index (χ1n) is 19.7. The smallest absolute Gasteiger partial charge is 0.0546 e. The fourth-order valence-electron chi connectivity index (χ4n) is 8.63. The lowest BCUT2D eigenvalue weighted by Crippen LogP contribution is -2.16. The second kappa shape index (κ2) is 14.7. The van der Waals surface area contributed by atoms with Crippen molar-refractivity contribution in [2.45, 2.75) is 19.3 Å². The molecule has 10 rings (SSSR count). The Morgan fingerprint density at radius 1 is 0.500 bits per heavy atom. The zero-order valence-electron chi connectivity index (χ0n) is 31.3. The standard InChI is InChI=1S/C55H41N/c1-4-16-39(17-5-1)34-46(40-18-6-2-7-19-40)36-48-37-47(35-45-33-31-41-20-10-12-27-51(41)54(45)48)44-23-14-26-50(38-44)56(49-24-8-3-9-25-49)53-29-15-22-43-32-30-42-21-11-13-28-52(42)55(43)53/h1-2,4-8,10-35,37-38H,3,9,36H2/b46-34-. The van der Waals surface area contributed by atoms with Crippen molar-refractivity contribution in [3.63, 3.8) is 0 Å². The molecule has 0 aliphatic heterocycles. The van der Waals surface area contributed by atoms with E-state index in [1.165, 1.54) is 87.9 Å². The summed E-state index contributed by atoms with van der Waals surface area (Å²) in [6.07, 6.45) is 12.2. The van der Waals surface area contributed by atoms with Gasteiger partial charge in [0.1, 0.15) is 0 Å². The zero-order chi connectivity index (χ0) is 37.3. The molecule has 0 amide bonds. The first kappa shape index (κ1) is 33.6. The summed E-state index contributed by atoms with van der Waals surface area (Å²) in [6, 6.07) is 68.9. The summed E-state index contributed by atoms with van der Waals surface area (Å²) in [7, 11) is 0. The first-order chi connectivity index (χ1) is 27.8. The minimum atomic E-state index is 0.795. The zero-order valence-corrected chi connectivity index (χ0v) is 31.3. The molecular weight excluding hydrogens is 675 g/mol. The van der Waals surface area contributed by atoms with Gasteiger partial charge in [0.25, 0.3) is 0 Å². The Morgan fingerprint density at radius 3 is 1.93 bits per heavy atom. The van der Waals surface area contributed by atoms with Gasteiger partial charge in [0, 0.05) is 16.8 Å². The maximum Gasteiger partial charge on any atom is 0.0546 e. The maximum absolute atomic E-state index is 2.47. The van der Waals surface area contributed by atoms with Gasteiger partial charge in [-0.3, -0.25) is 0 Å². The highest BCUT2D eigenvalue weighted by Gasteiger charge is 2.20. The van der Waals surface area contributed by atoms with E-state index in [0.29, 0.717) is 0 Å². The quantitative estimate of drug-likeness (QED) is 0.112. The van der Waals surface area contributed by atoms with Crippen molar-refractivity contribution >= 4 is 66.1 Å². The Kier molecular flexibility index (Phi) is 8.82. The van der Waals surface area contributed by atoms with Crippen molar-refractivity contribution in [3.8, 4) is 11.1 Å². The van der Waals surface area contributed by atoms with E-state index in [0.717, 1.165) is 24.9 Å². The summed E-state index contributed by atoms with van der Waals surface area (Å²) in [6.45, 7) is 0.